The number of hydrogen-bond donors (Lipinski definition) is 1. The van der Waals surface area contributed by atoms with Gasteiger partial charge in [-0.25, -0.2) is 0 Å². The number of carboxylic acids is 1. The van der Waals surface area contributed by atoms with Gasteiger partial charge in [0.15, 0.2) is 0 Å². The molecule has 0 bridgehead atoms. The lowest BCUT2D eigenvalue weighted by atomic mass is 10.1. The summed E-state index contributed by atoms with van der Waals surface area (Å²) in [7, 11) is 1.64. The second-order valence-corrected chi connectivity index (χ2v) is 4.00. The van der Waals surface area contributed by atoms with Gasteiger partial charge < -0.3 is 9.84 Å². The summed E-state index contributed by atoms with van der Waals surface area (Å²) in [5.74, 6) is 1.59. The maximum Gasteiger partial charge on any atom is 0.317 e. The molecule has 0 saturated heterocycles. The average molecular weight is 247 g/mol. The second kappa shape index (κ2) is 7.49. The van der Waals surface area contributed by atoms with Gasteiger partial charge in [0.2, 0.25) is 0 Å². The van der Waals surface area contributed by atoms with E-state index in [0.29, 0.717) is 19.7 Å². The Bertz CT molecular complexity index is 437. The van der Waals surface area contributed by atoms with Crippen molar-refractivity contribution in [1.29, 1.82) is 0 Å². The molecule has 0 aliphatic heterocycles. The Morgan fingerprint density at radius 3 is 2.83 bits per heavy atom. The Labute approximate surface area is 107 Å². The number of terminal acetylenes is 1. The minimum absolute atomic E-state index is 0.0568. The van der Waals surface area contributed by atoms with Crippen molar-refractivity contribution in [3.8, 4) is 12.3 Å². The third kappa shape index (κ3) is 5.00. The van der Waals surface area contributed by atoms with Crippen molar-refractivity contribution in [1.82, 2.24) is 4.90 Å². The van der Waals surface area contributed by atoms with Gasteiger partial charge in [-0.05, 0) is 11.1 Å². The summed E-state index contributed by atoms with van der Waals surface area (Å²) >= 11 is 0. The van der Waals surface area contributed by atoms with Crippen LogP contribution in [-0.4, -0.2) is 36.2 Å². The molecule has 0 aliphatic carbocycles. The van der Waals surface area contributed by atoms with E-state index in [0.717, 1.165) is 11.1 Å². The van der Waals surface area contributed by atoms with Crippen LogP contribution in [0, 0.1) is 12.3 Å². The first-order valence-corrected chi connectivity index (χ1v) is 5.60. The summed E-state index contributed by atoms with van der Waals surface area (Å²) in [6, 6.07) is 7.84. The molecule has 1 aromatic carbocycles. The summed E-state index contributed by atoms with van der Waals surface area (Å²) in [6.45, 7) is 1.33. The highest BCUT2D eigenvalue weighted by Gasteiger charge is 2.09. The third-order valence-corrected chi connectivity index (χ3v) is 2.38. The van der Waals surface area contributed by atoms with E-state index >= 15 is 0 Å². The topological polar surface area (TPSA) is 49.8 Å². The molecule has 0 fully saturated rings. The fourth-order valence-electron chi connectivity index (χ4n) is 1.73. The van der Waals surface area contributed by atoms with E-state index in [1.807, 2.05) is 24.3 Å². The molecule has 1 rings (SSSR count). The number of aliphatic carboxylic acids is 1. The summed E-state index contributed by atoms with van der Waals surface area (Å²) in [6.07, 6.45) is 5.23. The first-order valence-electron chi connectivity index (χ1n) is 5.60. The van der Waals surface area contributed by atoms with E-state index in [1.54, 1.807) is 12.0 Å². The number of benzene rings is 1. The molecule has 1 aromatic rings. The number of methoxy groups -OCH3 is 1. The first kappa shape index (κ1) is 14.2. The molecule has 0 unspecified atom stereocenters. The number of hydrogen-bond acceptors (Lipinski definition) is 3. The number of ether oxygens (including phenoxy) is 1. The van der Waals surface area contributed by atoms with Gasteiger partial charge in [0.1, 0.15) is 0 Å². The van der Waals surface area contributed by atoms with Gasteiger partial charge in [-0.1, -0.05) is 30.2 Å². The molecule has 0 aromatic heterocycles. The molecule has 0 atom stereocenters. The van der Waals surface area contributed by atoms with Gasteiger partial charge in [-0.3, -0.25) is 9.69 Å². The minimum atomic E-state index is -0.877. The van der Waals surface area contributed by atoms with Gasteiger partial charge >= 0.3 is 5.97 Å². The van der Waals surface area contributed by atoms with Gasteiger partial charge in [0, 0.05) is 13.7 Å². The van der Waals surface area contributed by atoms with Crippen LogP contribution >= 0.6 is 0 Å². The normalized spacial score (nSPS) is 10.3. The summed E-state index contributed by atoms with van der Waals surface area (Å²) in [4.78, 5) is 12.4. The largest absolute Gasteiger partial charge is 0.480 e. The van der Waals surface area contributed by atoms with Crippen LogP contribution in [0.25, 0.3) is 0 Å². The van der Waals surface area contributed by atoms with Gasteiger partial charge in [-0.2, -0.15) is 0 Å². The molecule has 0 aliphatic rings. The Hall–Kier alpha value is -1.83. The Morgan fingerprint density at radius 2 is 2.22 bits per heavy atom. The number of carboxylic acid groups (broad SMARTS) is 1. The van der Waals surface area contributed by atoms with E-state index in [2.05, 4.69) is 5.92 Å². The molecule has 4 heteroatoms. The minimum Gasteiger partial charge on any atom is -0.480 e. The van der Waals surface area contributed by atoms with Crippen molar-refractivity contribution in [2.24, 2.45) is 0 Å². The Morgan fingerprint density at radius 1 is 1.50 bits per heavy atom. The summed E-state index contributed by atoms with van der Waals surface area (Å²) in [5, 5.41) is 8.80. The van der Waals surface area contributed by atoms with Crippen molar-refractivity contribution < 1.29 is 14.6 Å². The van der Waals surface area contributed by atoms with Crippen LogP contribution in [-0.2, 0) is 22.7 Å². The Kier molecular flexibility index (Phi) is 5.92. The molecule has 0 saturated carbocycles. The summed E-state index contributed by atoms with van der Waals surface area (Å²) < 4.78 is 5.06. The fraction of sp³-hybridized carbons (Fsp3) is 0.357. The number of carbonyl (C=O) groups is 1. The maximum absolute atomic E-state index is 10.7. The van der Waals surface area contributed by atoms with Crippen LogP contribution in [0.1, 0.15) is 11.1 Å². The molecule has 18 heavy (non-hydrogen) atoms. The zero-order valence-corrected chi connectivity index (χ0v) is 10.4. The van der Waals surface area contributed by atoms with E-state index in [4.69, 9.17) is 16.3 Å². The van der Waals surface area contributed by atoms with Crippen LogP contribution in [0.15, 0.2) is 24.3 Å². The molecule has 4 nitrogen and oxygen atoms in total. The van der Waals surface area contributed by atoms with Crippen molar-refractivity contribution >= 4 is 5.97 Å². The lowest BCUT2D eigenvalue weighted by Crippen LogP contribution is -2.29. The molecule has 0 heterocycles. The van der Waals surface area contributed by atoms with Gasteiger partial charge in [0.25, 0.3) is 0 Å². The SMILES string of the molecule is C#CCN(CC(=O)O)Cc1cccc(COC)c1. The van der Waals surface area contributed by atoms with E-state index < -0.39 is 5.97 Å². The zero-order chi connectivity index (χ0) is 13.4. The summed E-state index contributed by atoms with van der Waals surface area (Å²) in [5.41, 5.74) is 2.09. The van der Waals surface area contributed by atoms with Crippen molar-refractivity contribution in [2.45, 2.75) is 13.2 Å². The number of nitrogens with zero attached hydrogens (tertiary/aromatic N) is 1. The van der Waals surface area contributed by atoms with E-state index in [1.165, 1.54) is 0 Å². The highest BCUT2D eigenvalue weighted by atomic mass is 16.5. The lowest BCUT2D eigenvalue weighted by Gasteiger charge is -2.17. The van der Waals surface area contributed by atoms with Crippen LogP contribution in [0.2, 0.25) is 0 Å². The Balaban J connectivity index is 2.70. The zero-order valence-electron chi connectivity index (χ0n) is 10.4. The van der Waals surface area contributed by atoms with Crippen LogP contribution in [0.3, 0.4) is 0 Å². The van der Waals surface area contributed by atoms with Gasteiger partial charge in [-0.15, -0.1) is 6.42 Å². The average Bonchev–Trinajstić information content (AvgIpc) is 2.29. The molecule has 0 amide bonds. The molecular weight excluding hydrogens is 230 g/mol. The van der Waals surface area contributed by atoms with E-state index in [9.17, 15) is 4.79 Å². The second-order valence-electron chi connectivity index (χ2n) is 4.00. The van der Waals surface area contributed by atoms with Crippen molar-refractivity contribution in [2.75, 3.05) is 20.2 Å². The van der Waals surface area contributed by atoms with E-state index in [-0.39, 0.29) is 6.54 Å². The van der Waals surface area contributed by atoms with Gasteiger partial charge in [0.05, 0.1) is 19.7 Å². The predicted octanol–water partition coefficient (Wildman–Crippen LogP) is 1.35. The smallest absolute Gasteiger partial charge is 0.317 e. The fourth-order valence-corrected chi connectivity index (χ4v) is 1.73. The highest BCUT2D eigenvalue weighted by molar-refractivity contribution is 5.69. The molecule has 1 N–H and O–H groups in total. The van der Waals surface area contributed by atoms with Crippen LogP contribution in [0.4, 0.5) is 0 Å². The molecular formula is C14H17NO3. The highest BCUT2D eigenvalue weighted by Crippen LogP contribution is 2.09. The standard InChI is InChI=1S/C14H17NO3/c1-3-7-15(10-14(16)17)9-12-5-4-6-13(8-12)11-18-2/h1,4-6,8H,7,9-11H2,2H3,(H,16,17). The predicted molar refractivity (Wildman–Crippen MR) is 68.9 cm³/mol. The van der Waals surface area contributed by atoms with Crippen LogP contribution < -0.4 is 0 Å². The molecule has 0 spiro atoms. The lowest BCUT2D eigenvalue weighted by molar-refractivity contribution is -0.138. The molecule has 0 radical (unpaired) electrons. The van der Waals surface area contributed by atoms with Crippen molar-refractivity contribution in [3.63, 3.8) is 0 Å². The quantitative estimate of drug-likeness (QED) is 0.739. The molecule has 96 valence electrons. The maximum atomic E-state index is 10.7. The number of rotatable bonds is 7. The van der Waals surface area contributed by atoms with Crippen LogP contribution in [0.5, 0.6) is 0 Å². The first-order chi connectivity index (χ1) is 8.65. The third-order valence-electron chi connectivity index (χ3n) is 2.38. The monoisotopic (exact) mass is 247 g/mol. The van der Waals surface area contributed by atoms with Crippen molar-refractivity contribution in [3.05, 3.63) is 35.4 Å².